The highest BCUT2D eigenvalue weighted by Crippen LogP contribution is 2.16. The van der Waals surface area contributed by atoms with E-state index in [4.69, 9.17) is 0 Å². The highest BCUT2D eigenvalue weighted by atomic mass is 28.3. The molecule has 0 bridgehead atoms. The van der Waals surface area contributed by atoms with Crippen molar-refractivity contribution < 1.29 is 0 Å². The van der Waals surface area contributed by atoms with Crippen molar-refractivity contribution in [2.24, 2.45) is 0 Å². The summed E-state index contributed by atoms with van der Waals surface area (Å²) < 4.78 is 2.32. The average Bonchev–Trinajstić information content (AvgIpc) is 2.01. The summed E-state index contributed by atoms with van der Waals surface area (Å²) in [5.74, 6) is 1.10. The molecule has 1 aromatic rings. The molecule has 0 radical (unpaired) electrons. The topological polar surface area (TPSA) is 16.1 Å². The van der Waals surface area contributed by atoms with Crippen molar-refractivity contribution in [1.82, 2.24) is 4.98 Å². The van der Waals surface area contributed by atoms with Crippen LogP contribution in [0.4, 0.5) is 5.82 Å². The first kappa shape index (κ1) is 10.2. The van der Waals surface area contributed by atoms with Crippen LogP contribution in [0.3, 0.4) is 0 Å². The minimum atomic E-state index is -1.25. The normalized spacial score (nSPS) is 11.5. The zero-order valence-corrected chi connectivity index (χ0v) is 10.1. The smallest absolute Gasteiger partial charge is 0.149 e. The molecule has 0 atom stereocenters. The molecule has 0 spiro atoms. The molecule has 0 fully saturated rings. The van der Waals surface area contributed by atoms with Crippen LogP contribution >= 0.6 is 0 Å². The van der Waals surface area contributed by atoms with E-state index in [-0.39, 0.29) is 0 Å². The van der Waals surface area contributed by atoms with Gasteiger partial charge in [0.25, 0.3) is 0 Å². The summed E-state index contributed by atoms with van der Waals surface area (Å²) in [6.45, 7) is 8.98. The van der Waals surface area contributed by atoms with Crippen LogP contribution < -0.4 is 4.57 Å². The van der Waals surface area contributed by atoms with Gasteiger partial charge in [-0.15, -0.1) is 0 Å². The van der Waals surface area contributed by atoms with Gasteiger partial charge >= 0.3 is 0 Å². The molecule has 0 saturated carbocycles. The summed E-state index contributed by atoms with van der Waals surface area (Å²) in [5, 5.41) is 0. The molecule has 0 aliphatic carbocycles. The van der Waals surface area contributed by atoms with Gasteiger partial charge in [0.1, 0.15) is 14.1 Å². The lowest BCUT2D eigenvalue weighted by Crippen LogP contribution is -2.43. The fourth-order valence-corrected chi connectivity index (χ4v) is 1.87. The molecule has 72 valence electrons. The fourth-order valence-electron chi connectivity index (χ4n) is 1.06. The van der Waals surface area contributed by atoms with Gasteiger partial charge in [0.15, 0.2) is 0 Å². The Labute approximate surface area is 81.7 Å². The highest BCUT2D eigenvalue weighted by molar-refractivity contribution is 6.79. The number of rotatable bonds is 2. The van der Waals surface area contributed by atoms with Crippen molar-refractivity contribution in [3.8, 4) is 0 Å². The molecule has 1 heterocycles. The van der Waals surface area contributed by atoms with E-state index in [9.17, 15) is 0 Å². The second-order valence-electron chi connectivity index (χ2n) is 4.37. The predicted octanol–water partition coefficient (Wildman–Crippen LogP) is 2.66. The molecule has 1 rings (SSSR count). The van der Waals surface area contributed by atoms with Gasteiger partial charge < -0.3 is 4.57 Å². The van der Waals surface area contributed by atoms with Crippen molar-refractivity contribution >= 4 is 14.1 Å². The monoisotopic (exact) mass is 194 g/mol. The molecule has 1 aromatic heterocycles. The van der Waals surface area contributed by atoms with Crippen LogP contribution in [0.1, 0.15) is 5.69 Å². The Kier molecular flexibility index (Phi) is 2.76. The van der Waals surface area contributed by atoms with E-state index in [0.29, 0.717) is 0 Å². The first-order chi connectivity index (χ1) is 5.91. The van der Waals surface area contributed by atoms with Gasteiger partial charge in [-0.05, 0) is 26.1 Å². The third-order valence-electron chi connectivity index (χ3n) is 2.22. The summed E-state index contributed by atoms with van der Waals surface area (Å²) in [7, 11) is 0.879. The number of pyridine rings is 1. The second-order valence-corrected chi connectivity index (χ2v) is 9.38. The van der Waals surface area contributed by atoms with Crippen molar-refractivity contribution in [2.75, 3.05) is 11.6 Å². The van der Waals surface area contributed by atoms with Crippen molar-refractivity contribution in [3.05, 3.63) is 23.9 Å². The van der Waals surface area contributed by atoms with Crippen molar-refractivity contribution in [1.29, 1.82) is 0 Å². The number of hydrogen-bond donors (Lipinski definition) is 0. The lowest BCUT2D eigenvalue weighted by atomic mass is 10.4. The van der Waals surface area contributed by atoms with Gasteiger partial charge in [-0.3, -0.25) is 0 Å². The van der Waals surface area contributed by atoms with Gasteiger partial charge in [0.05, 0.1) is 0 Å². The number of aryl methyl sites for hydroxylation is 1. The van der Waals surface area contributed by atoms with Crippen LogP contribution in [-0.2, 0) is 0 Å². The molecule has 13 heavy (non-hydrogen) atoms. The zero-order valence-electron chi connectivity index (χ0n) is 9.13. The van der Waals surface area contributed by atoms with E-state index >= 15 is 0 Å². The Morgan fingerprint density at radius 2 is 1.85 bits per heavy atom. The minimum absolute atomic E-state index is 1.09. The quantitative estimate of drug-likeness (QED) is 0.673. The predicted molar refractivity (Wildman–Crippen MR) is 60.7 cm³/mol. The molecule has 2 nitrogen and oxygen atoms in total. The van der Waals surface area contributed by atoms with E-state index in [2.05, 4.69) is 48.4 Å². The molecule has 0 aromatic carbocycles. The maximum absolute atomic E-state index is 4.50. The number of nitrogens with zero attached hydrogens (tertiary/aromatic N) is 2. The summed E-state index contributed by atoms with van der Waals surface area (Å²) in [5.41, 5.74) is 1.09. The van der Waals surface area contributed by atoms with E-state index in [1.807, 2.05) is 13.0 Å². The SMILES string of the molecule is Cc1cccc(N(C)[Si](C)(C)C)n1. The van der Waals surface area contributed by atoms with Crippen molar-refractivity contribution in [3.63, 3.8) is 0 Å². The third kappa shape index (κ3) is 2.55. The highest BCUT2D eigenvalue weighted by Gasteiger charge is 2.21. The number of hydrogen-bond acceptors (Lipinski definition) is 2. The lowest BCUT2D eigenvalue weighted by molar-refractivity contribution is 1.11. The molecule has 3 heteroatoms. The minimum Gasteiger partial charge on any atom is -0.386 e. The second kappa shape index (κ2) is 3.50. The Balaban J connectivity index is 2.96. The van der Waals surface area contributed by atoms with Crippen molar-refractivity contribution in [2.45, 2.75) is 26.6 Å². The Hall–Kier alpha value is -0.833. The average molecular weight is 194 g/mol. The van der Waals surface area contributed by atoms with Gasteiger partial charge in [0, 0.05) is 5.69 Å². The van der Waals surface area contributed by atoms with E-state index in [0.717, 1.165) is 11.5 Å². The van der Waals surface area contributed by atoms with E-state index in [1.54, 1.807) is 0 Å². The third-order valence-corrected chi connectivity index (χ3v) is 4.47. The molecule has 0 unspecified atom stereocenters. The van der Waals surface area contributed by atoms with E-state index < -0.39 is 8.24 Å². The molecular formula is C10H18N2Si. The van der Waals surface area contributed by atoms with Gasteiger partial charge in [0.2, 0.25) is 0 Å². The number of anilines is 1. The van der Waals surface area contributed by atoms with Crippen LogP contribution in [0.5, 0.6) is 0 Å². The van der Waals surface area contributed by atoms with Crippen LogP contribution in [0.25, 0.3) is 0 Å². The standard InChI is InChI=1S/C10H18N2Si/c1-9-7-6-8-10(11-9)12(2)13(3,4)5/h6-8H,1-5H3. The van der Waals surface area contributed by atoms with Crippen LogP contribution in [0, 0.1) is 6.92 Å². The molecule has 0 saturated heterocycles. The van der Waals surface area contributed by atoms with Crippen LogP contribution in [0.15, 0.2) is 18.2 Å². The lowest BCUT2D eigenvalue weighted by Gasteiger charge is -2.31. The first-order valence-electron chi connectivity index (χ1n) is 4.59. The number of aromatic nitrogens is 1. The van der Waals surface area contributed by atoms with Gasteiger partial charge in [-0.1, -0.05) is 25.7 Å². The molecule has 0 N–H and O–H groups in total. The van der Waals surface area contributed by atoms with Gasteiger partial charge in [-0.25, -0.2) is 4.98 Å². The summed E-state index contributed by atoms with van der Waals surface area (Å²) in [4.78, 5) is 4.50. The Bertz CT molecular complexity index is 291. The summed E-state index contributed by atoms with van der Waals surface area (Å²) >= 11 is 0. The Morgan fingerprint density at radius 1 is 1.23 bits per heavy atom. The maximum Gasteiger partial charge on any atom is 0.149 e. The molecule has 0 amide bonds. The first-order valence-corrected chi connectivity index (χ1v) is 8.03. The maximum atomic E-state index is 4.50. The largest absolute Gasteiger partial charge is 0.386 e. The zero-order chi connectivity index (χ0) is 10.1. The fraction of sp³-hybridized carbons (Fsp3) is 0.500. The van der Waals surface area contributed by atoms with Crippen LogP contribution in [0.2, 0.25) is 19.6 Å². The molecule has 0 aliphatic heterocycles. The van der Waals surface area contributed by atoms with E-state index in [1.165, 1.54) is 0 Å². The Morgan fingerprint density at radius 3 is 2.31 bits per heavy atom. The summed E-state index contributed by atoms with van der Waals surface area (Å²) in [6.07, 6.45) is 0. The molecular weight excluding hydrogens is 176 g/mol. The van der Waals surface area contributed by atoms with Gasteiger partial charge in [-0.2, -0.15) is 0 Å². The van der Waals surface area contributed by atoms with Crippen LogP contribution in [-0.4, -0.2) is 20.3 Å². The molecule has 0 aliphatic rings. The summed E-state index contributed by atoms with van der Waals surface area (Å²) in [6, 6.07) is 6.17.